The lowest BCUT2D eigenvalue weighted by Gasteiger charge is -2.13. The van der Waals surface area contributed by atoms with E-state index in [0.717, 1.165) is 4.90 Å². The van der Waals surface area contributed by atoms with Gasteiger partial charge in [0.05, 0.1) is 11.5 Å². The van der Waals surface area contributed by atoms with Gasteiger partial charge >= 0.3 is 5.97 Å². The van der Waals surface area contributed by atoms with Crippen LogP contribution in [0, 0.1) is 0 Å². The van der Waals surface area contributed by atoms with E-state index in [1.165, 1.54) is 11.9 Å². The molecule has 0 amide bonds. The first kappa shape index (κ1) is 9.97. The number of carbonyl (C=O) groups excluding carboxylic acids is 1. The molecule has 5 nitrogen and oxygen atoms in total. The normalized spacial score (nSPS) is 13.5. The van der Waals surface area contributed by atoms with Crippen molar-refractivity contribution in [2.75, 3.05) is 6.61 Å². The van der Waals surface area contributed by atoms with Crippen molar-refractivity contribution < 1.29 is 9.53 Å². The summed E-state index contributed by atoms with van der Waals surface area (Å²) in [7, 11) is 0. The summed E-state index contributed by atoms with van der Waals surface area (Å²) in [6, 6.07) is 3.70. The molecule has 1 aromatic heterocycles. The van der Waals surface area contributed by atoms with Gasteiger partial charge in [-0.3, -0.25) is 0 Å². The second-order valence-electron chi connectivity index (χ2n) is 2.71. The van der Waals surface area contributed by atoms with E-state index in [2.05, 4.69) is 14.7 Å². The minimum atomic E-state index is -0.457. The van der Waals surface area contributed by atoms with Crippen LogP contribution in [0.3, 0.4) is 0 Å². The van der Waals surface area contributed by atoms with Crippen molar-refractivity contribution in [2.24, 2.45) is 4.99 Å². The molecule has 1 aromatic rings. The second kappa shape index (κ2) is 4.31. The molecule has 2 rings (SSSR count). The highest BCUT2D eigenvalue weighted by atomic mass is 32.2. The van der Waals surface area contributed by atoms with Crippen LogP contribution in [0.5, 0.6) is 0 Å². The minimum Gasteiger partial charge on any atom is -0.460 e. The Balaban J connectivity index is 2.25. The SMILES string of the molecule is CCOC(=O)C1=Nc2ncccc2SN1. The van der Waals surface area contributed by atoms with Gasteiger partial charge in [-0.1, -0.05) is 0 Å². The van der Waals surface area contributed by atoms with E-state index in [1.807, 2.05) is 12.1 Å². The van der Waals surface area contributed by atoms with Gasteiger partial charge in [0, 0.05) is 6.20 Å². The number of nitrogens with one attached hydrogen (secondary N) is 1. The van der Waals surface area contributed by atoms with Gasteiger partial charge in [-0.2, -0.15) is 0 Å². The number of esters is 1. The standard InChI is InChI=1S/C9H9N3O2S/c1-2-14-9(13)8-11-7-6(15-12-8)4-3-5-10-7/h3-5H,2H2,1H3,(H,10,11,12). The number of pyridine rings is 1. The Morgan fingerprint density at radius 1 is 1.67 bits per heavy atom. The molecule has 15 heavy (non-hydrogen) atoms. The minimum absolute atomic E-state index is 0.188. The number of aliphatic imine (C=N–C) groups is 1. The van der Waals surface area contributed by atoms with E-state index in [4.69, 9.17) is 4.74 Å². The van der Waals surface area contributed by atoms with Crippen molar-refractivity contribution in [3.05, 3.63) is 18.3 Å². The number of ether oxygens (including phenoxy) is 1. The molecule has 78 valence electrons. The summed E-state index contributed by atoms with van der Waals surface area (Å²) in [4.78, 5) is 20.4. The van der Waals surface area contributed by atoms with Gasteiger partial charge in [-0.15, -0.1) is 0 Å². The van der Waals surface area contributed by atoms with Gasteiger partial charge in [0.15, 0.2) is 5.82 Å². The molecule has 0 bridgehead atoms. The van der Waals surface area contributed by atoms with Crippen LogP contribution in [0.4, 0.5) is 5.82 Å². The van der Waals surface area contributed by atoms with Gasteiger partial charge in [-0.25, -0.2) is 14.8 Å². The number of fused-ring (bicyclic) bond motifs is 1. The second-order valence-corrected chi connectivity index (χ2v) is 3.56. The average Bonchev–Trinajstić information content (AvgIpc) is 2.29. The fraction of sp³-hybridized carbons (Fsp3) is 0.222. The van der Waals surface area contributed by atoms with E-state index in [9.17, 15) is 4.79 Å². The highest BCUT2D eigenvalue weighted by Gasteiger charge is 2.19. The fourth-order valence-electron chi connectivity index (χ4n) is 1.06. The third kappa shape index (κ3) is 2.10. The largest absolute Gasteiger partial charge is 0.460 e. The van der Waals surface area contributed by atoms with Crippen molar-refractivity contribution in [2.45, 2.75) is 11.8 Å². The molecule has 0 aromatic carbocycles. The molecule has 1 aliphatic rings. The highest BCUT2D eigenvalue weighted by molar-refractivity contribution is 7.98. The third-order valence-corrected chi connectivity index (χ3v) is 2.53. The summed E-state index contributed by atoms with van der Waals surface area (Å²) >= 11 is 1.31. The van der Waals surface area contributed by atoms with Crippen LogP contribution >= 0.6 is 11.9 Å². The summed E-state index contributed by atoms with van der Waals surface area (Å²) in [5.74, 6) is 0.277. The molecule has 0 unspecified atom stereocenters. The third-order valence-electron chi connectivity index (χ3n) is 1.70. The molecule has 1 N–H and O–H groups in total. The number of amidine groups is 1. The molecule has 0 aliphatic carbocycles. The van der Waals surface area contributed by atoms with Crippen LogP contribution < -0.4 is 4.72 Å². The van der Waals surface area contributed by atoms with E-state index < -0.39 is 5.97 Å². The first-order valence-electron chi connectivity index (χ1n) is 4.45. The molecular weight excluding hydrogens is 214 g/mol. The van der Waals surface area contributed by atoms with Crippen LogP contribution in [0.1, 0.15) is 6.92 Å². The predicted octanol–water partition coefficient (Wildman–Crippen LogP) is 1.28. The van der Waals surface area contributed by atoms with E-state index in [-0.39, 0.29) is 5.84 Å². The molecular formula is C9H9N3O2S. The number of rotatable bonds is 2. The number of nitrogens with zero attached hydrogens (tertiary/aromatic N) is 2. The molecule has 1 aliphatic heterocycles. The Morgan fingerprint density at radius 3 is 3.33 bits per heavy atom. The first-order valence-corrected chi connectivity index (χ1v) is 5.26. The number of aromatic nitrogens is 1. The molecule has 0 fully saturated rings. The van der Waals surface area contributed by atoms with Gasteiger partial charge in [-0.05, 0) is 31.0 Å². The zero-order valence-corrected chi connectivity index (χ0v) is 8.87. The zero-order valence-electron chi connectivity index (χ0n) is 8.06. The van der Waals surface area contributed by atoms with E-state index >= 15 is 0 Å². The number of carbonyl (C=O) groups is 1. The van der Waals surface area contributed by atoms with Crippen LogP contribution in [0.25, 0.3) is 0 Å². The quantitative estimate of drug-likeness (QED) is 0.604. The van der Waals surface area contributed by atoms with E-state index in [1.54, 1.807) is 13.1 Å². The monoisotopic (exact) mass is 223 g/mol. The lowest BCUT2D eigenvalue weighted by Crippen LogP contribution is -2.29. The Hall–Kier alpha value is -1.56. The summed E-state index contributed by atoms with van der Waals surface area (Å²) in [6.07, 6.45) is 1.64. The zero-order chi connectivity index (χ0) is 10.7. The average molecular weight is 223 g/mol. The van der Waals surface area contributed by atoms with E-state index in [0.29, 0.717) is 12.4 Å². The van der Waals surface area contributed by atoms with Crippen molar-refractivity contribution in [1.82, 2.24) is 9.71 Å². The molecule has 2 heterocycles. The Morgan fingerprint density at radius 2 is 2.53 bits per heavy atom. The van der Waals surface area contributed by atoms with Gasteiger partial charge in [0.2, 0.25) is 5.84 Å². The van der Waals surface area contributed by atoms with Crippen molar-refractivity contribution in [3.8, 4) is 0 Å². The van der Waals surface area contributed by atoms with Crippen molar-refractivity contribution in [1.29, 1.82) is 0 Å². The topological polar surface area (TPSA) is 63.6 Å². The summed E-state index contributed by atoms with van der Waals surface area (Å²) < 4.78 is 7.64. The maximum absolute atomic E-state index is 11.4. The van der Waals surface area contributed by atoms with Gasteiger partial charge in [0.1, 0.15) is 0 Å². The predicted molar refractivity (Wildman–Crippen MR) is 57.0 cm³/mol. The van der Waals surface area contributed by atoms with Gasteiger partial charge in [0.25, 0.3) is 0 Å². The lowest BCUT2D eigenvalue weighted by molar-refractivity contribution is -0.135. The number of hydrogen-bond donors (Lipinski definition) is 1. The Labute approximate surface area is 91.1 Å². The van der Waals surface area contributed by atoms with Crippen LogP contribution in [0.2, 0.25) is 0 Å². The maximum atomic E-state index is 11.4. The molecule has 0 radical (unpaired) electrons. The number of hydrogen-bond acceptors (Lipinski definition) is 6. The van der Waals surface area contributed by atoms with Crippen molar-refractivity contribution >= 4 is 29.6 Å². The van der Waals surface area contributed by atoms with Crippen LogP contribution in [0.15, 0.2) is 28.2 Å². The highest BCUT2D eigenvalue weighted by Crippen LogP contribution is 2.28. The van der Waals surface area contributed by atoms with Gasteiger partial charge < -0.3 is 9.46 Å². The Kier molecular flexibility index (Phi) is 2.86. The van der Waals surface area contributed by atoms with Crippen molar-refractivity contribution in [3.63, 3.8) is 0 Å². The molecule has 6 heteroatoms. The summed E-state index contributed by atoms with van der Waals surface area (Å²) in [5.41, 5.74) is 0. The van der Waals surface area contributed by atoms with Crippen LogP contribution in [-0.2, 0) is 9.53 Å². The maximum Gasteiger partial charge on any atom is 0.374 e. The lowest BCUT2D eigenvalue weighted by atomic mass is 10.4. The summed E-state index contributed by atoms with van der Waals surface area (Å²) in [6.45, 7) is 2.08. The first-order chi connectivity index (χ1) is 7.31. The molecule has 0 saturated heterocycles. The molecule has 0 saturated carbocycles. The smallest absolute Gasteiger partial charge is 0.374 e. The molecule has 0 spiro atoms. The summed E-state index contributed by atoms with van der Waals surface area (Å²) in [5, 5.41) is 0. The van der Waals surface area contributed by atoms with Crippen LogP contribution in [-0.4, -0.2) is 23.4 Å². The Bertz CT molecular complexity index is 420. The fourth-order valence-corrected chi connectivity index (χ4v) is 1.74. The molecule has 0 atom stereocenters.